The number of nitrogens with zero attached hydrogens (tertiary/aromatic N) is 1. The molecule has 0 aliphatic carbocycles. The average Bonchev–Trinajstić information content (AvgIpc) is 2.83. The Morgan fingerprint density at radius 3 is 3.12 bits per heavy atom. The predicted molar refractivity (Wildman–Crippen MR) is 69.9 cm³/mol. The van der Waals surface area contributed by atoms with Crippen molar-refractivity contribution >= 4 is 0 Å². The van der Waals surface area contributed by atoms with E-state index in [9.17, 15) is 0 Å². The molecule has 1 aromatic rings. The fourth-order valence-corrected chi connectivity index (χ4v) is 2.62. The van der Waals surface area contributed by atoms with E-state index in [1.54, 1.807) is 6.26 Å². The third kappa shape index (κ3) is 4.17. The largest absolute Gasteiger partial charge is 0.468 e. The molecular formula is C14H24N2O. The summed E-state index contributed by atoms with van der Waals surface area (Å²) in [6.45, 7) is 7.94. The van der Waals surface area contributed by atoms with E-state index in [0.717, 1.165) is 24.8 Å². The molecule has 3 nitrogen and oxygen atoms in total. The fraction of sp³-hybridized carbons (Fsp3) is 0.714. The van der Waals surface area contributed by atoms with Crippen molar-refractivity contribution in [1.29, 1.82) is 0 Å². The van der Waals surface area contributed by atoms with Crippen LogP contribution in [0.25, 0.3) is 0 Å². The van der Waals surface area contributed by atoms with Crippen LogP contribution in [0.5, 0.6) is 0 Å². The summed E-state index contributed by atoms with van der Waals surface area (Å²) in [6.07, 6.45) is 5.67. The maximum Gasteiger partial charge on any atom is 0.117 e. The smallest absolute Gasteiger partial charge is 0.117 e. The van der Waals surface area contributed by atoms with E-state index < -0.39 is 0 Å². The second-order valence-corrected chi connectivity index (χ2v) is 5.03. The highest BCUT2D eigenvalue weighted by Gasteiger charge is 2.17. The Balaban J connectivity index is 1.83. The molecule has 1 aliphatic rings. The van der Waals surface area contributed by atoms with Crippen molar-refractivity contribution in [2.75, 3.05) is 26.2 Å². The number of hydrogen-bond donors (Lipinski definition) is 1. The molecule has 1 atom stereocenters. The standard InChI is InChI=1S/C14H24N2O/c1-2-8-16(12-14-6-4-9-17-14)11-13-5-3-7-15-10-13/h4,6,9,13,15H,2-3,5,7-8,10-12H2,1H3. The lowest BCUT2D eigenvalue weighted by atomic mass is 9.99. The highest BCUT2D eigenvalue weighted by atomic mass is 16.3. The maximum atomic E-state index is 5.44. The first-order valence-electron chi connectivity index (χ1n) is 6.84. The van der Waals surface area contributed by atoms with Crippen LogP contribution in [-0.4, -0.2) is 31.1 Å². The van der Waals surface area contributed by atoms with Gasteiger partial charge in [0.15, 0.2) is 0 Å². The van der Waals surface area contributed by atoms with Crippen LogP contribution in [0.2, 0.25) is 0 Å². The van der Waals surface area contributed by atoms with Crippen molar-refractivity contribution in [2.45, 2.75) is 32.7 Å². The monoisotopic (exact) mass is 236 g/mol. The lowest BCUT2D eigenvalue weighted by Crippen LogP contribution is -2.38. The number of furan rings is 1. The van der Waals surface area contributed by atoms with Gasteiger partial charge in [0.05, 0.1) is 12.8 Å². The summed E-state index contributed by atoms with van der Waals surface area (Å²) in [7, 11) is 0. The molecule has 0 amide bonds. The average molecular weight is 236 g/mol. The minimum Gasteiger partial charge on any atom is -0.468 e. The van der Waals surface area contributed by atoms with Crippen LogP contribution in [0.15, 0.2) is 22.8 Å². The first-order valence-corrected chi connectivity index (χ1v) is 6.84. The Morgan fingerprint density at radius 1 is 1.53 bits per heavy atom. The lowest BCUT2D eigenvalue weighted by Gasteiger charge is -2.29. The van der Waals surface area contributed by atoms with Gasteiger partial charge in [-0.25, -0.2) is 0 Å². The number of rotatable bonds is 6. The summed E-state index contributed by atoms with van der Waals surface area (Å²) in [5.41, 5.74) is 0. The van der Waals surface area contributed by atoms with Gasteiger partial charge in [-0.1, -0.05) is 6.92 Å². The van der Waals surface area contributed by atoms with E-state index in [2.05, 4.69) is 23.2 Å². The van der Waals surface area contributed by atoms with E-state index in [1.165, 1.54) is 38.9 Å². The lowest BCUT2D eigenvalue weighted by molar-refractivity contribution is 0.189. The third-order valence-corrected chi connectivity index (χ3v) is 3.41. The van der Waals surface area contributed by atoms with Crippen LogP contribution in [0.1, 0.15) is 31.9 Å². The van der Waals surface area contributed by atoms with Crippen LogP contribution < -0.4 is 5.32 Å². The number of hydrogen-bond acceptors (Lipinski definition) is 3. The third-order valence-electron chi connectivity index (χ3n) is 3.41. The number of piperidine rings is 1. The molecule has 1 unspecified atom stereocenters. The summed E-state index contributed by atoms with van der Waals surface area (Å²) < 4.78 is 5.44. The molecule has 0 spiro atoms. The molecule has 96 valence electrons. The van der Waals surface area contributed by atoms with E-state index in [4.69, 9.17) is 4.42 Å². The molecule has 17 heavy (non-hydrogen) atoms. The van der Waals surface area contributed by atoms with Crippen LogP contribution in [0, 0.1) is 5.92 Å². The highest BCUT2D eigenvalue weighted by Crippen LogP contribution is 2.14. The first-order chi connectivity index (χ1) is 8.38. The molecule has 2 rings (SSSR count). The Hall–Kier alpha value is -0.800. The van der Waals surface area contributed by atoms with Crippen molar-refractivity contribution < 1.29 is 4.42 Å². The second-order valence-electron chi connectivity index (χ2n) is 5.03. The van der Waals surface area contributed by atoms with Crippen LogP contribution in [0.4, 0.5) is 0 Å². The second kappa shape index (κ2) is 6.82. The molecule has 0 bridgehead atoms. The van der Waals surface area contributed by atoms with Crippen molar-refractivity contribution in [3.63, 3.8) is 0 Å². The molecule has 0 aromatic carbocycles. The van der Waals surface area contributed by atoms with Crippen LogP contribution >= 0.6 is 0 Å². The van der Waals surface area contributed by atoms with E-state index in [-0.39, 0.29) is 0 Å². The Bertz CT molecular complexity index is 291. The molecule has 0 saturated carbocycles. The molecule has 2 heterocycles. The molecule has 1 aromatic heterocycles. The van der Waals surface area contributed by atoms with Gasteiger partial charge in [-0.05, 0) is 56.9 Å². The normalized spacial score (nSPS) is 20.9. The van der Waals surface area contributed by atoms with Gasteiger partial charge in [-0.3, -0.25) is 4.90 Å². The van der Waals surface area contributed by atoms with Gasteiger partial charge < -0.3 is 9.73 Å². The topological polar surface area (TPSA) is 28.4 Å². The van der Waals surface area contributed by atoms with Gasteiger partial charge >= 0.3 is 0 Å². The molecule has 1 aliphatic heterocycles. The van der Waals surface area contributed by atoms with Crippen LogP contribution in [0.3, 0.4) is 0 Å². The number of nitrogens with one attached hydrogen (secondary N) is 1. The zero-order valence-corrected chi connectivity index (χ0v) is 10.8. The summed E-state index contributed by atoms with van der Waals surface area (Å²) in [6, 6.07) is 4.05. The summed E-state index contributed by atoms with van der Waals surface area (Å²) in [5.74, 6) is 1.90. The van der Waals surface area contributed by atoms with Crippen molar-refractivity contribution in [3.05, 3.63) is 24.2 Å². The van der Waals surface area contributed by atoms with E-state index >= 15 is 0 Å². The van der Waals surface area contributed by atoms with Crippen LogP contribution in [-0.2, 0) is 6.54 Å². The van der Waals surface area contributed by atoms with Crippen molar-refractivity contribution in [3.8, 4) is 0 Å². The summed E-state index contributed by atoms with van der Waals surface area (Å²) >= 11 is 0. The SMILES string of the molecule is CCCN(Cc1ccco1)CC1CCCNC1. The highest BCUT2D eigenvalue weighted by molar-refractivity contribution is 4.98. The van der Waals surface area contributed by atoms with Gasteiger partial charge in [0.25, 0.3) is 0 Å². The molecule has 1 fully saturated rings. The zero-order valence-electron chi connectivity index (χ0n) is 10.8. The molecule has 1 N–H and O–H groups in total. The maximum absolute atomic E-state index is 5.44. The molecular weight excluding hydrogens is 212 g/mol. The van der Waals surface area contributed by atoms with E-state index in [0.29, 0.717) is 0 Å². The molecule has 1 saturated heterocycles. The summed E-state index contributed by atoms with van der Waals surface area (Å²) in [5, 5.41) is 3.49. The first kappa shape index (κ1) is 12.7. The zero-order chi connectivity index (χ0) is 11.9. The van der Waals surface area contributed by atoms with Gasteiger partial charge in [0, 0.05) is 6.54 Å². The molecule has 0 radical (unpaired) electrons. The Labute approximate surface area is 104 Å². The van der Waals surface area contributed by atoms with Gasteiger partial charge in [0.1, 0.15) is 5.76 Å². The van der Waals surface area contributed by atoms with Crippen molar-refractivity contribution in [1.82, 2.24) is 10.2 Å². The molecule has 3 heteroatoms. The van der Waals surface area contributed by atoms with E-state index in [1.807, 2.05) is 6.07 Å². The predicted octanol–water partition coefficient (Wildman–Crippen LogP) is 2.49. The Morgan fingerprint density at radius 2 is 2.47 bits per heavy atom. The minimum absolute atomic E-state index is 0.810. The van der Waals surface area contributed by atoms with Gasteiger partial charge in [-0.2, -0.15) is 0 Å². The Kier molecular flexibility index (Phi) is 5.08. The van der Waals surface area contributed by atoms with Gasteiger partial charge in [0.2, 0.25) is 0 Å². The quantitative estimate of drug-likeness (QED) is 0.822. The fourth-order valence-electron chi connectivity index (χ4n) is 2.62. The summed E-state index contributed by atoms with van der Waals surface area (Å²) in [4.78, 5) is 2.52. The van der Waals surface area contributed by atoms with Crippen molar-refractivity contribution in [2.24, 2.45) is 5.92 Å². The minimum atomic E-state index is 0.810. The van der Waals surface area contributed by atoms with Gasteiger partial charge in [-0.15, -0.1) is 0 Å².